The van der Waals surface area contributed by atoms with E-state index < -0.39 is 11.8 Å². The van der Waals surface area contributed by atoms with Gasteiger partial charge >= 0.3 is 5.97 Å². The Morgan fingerprint density at radius 1 is 1.30 bits per heavy atom. The maximum atomic E-state index is 14.0. The van der Waals surface area contributed by atoms with Crippen LogP contribution in [0.2, 0.25) is 0 Å². The molecule has 20 heavy (non-hydrogen) atoms. The molecule has 6 heteroatoms. The van der Waals surface area contributed by atoms with E-state index in [1.807, 2.05) is 0 Å². The van der Waals surface area contributed by atoms with E-state index in [1.54, 1.807) is 30.6 Å². The Kier molecular flexibility index (Phi) is 2.90. The summed E-state index contributed by atoms with van der Waals surface area (Å²) in [6.45, 7) is 0. The van der Waals surface area contributed by atoms with Gasteiger partial charge in [-0.1, -0.05) is 0 Å². The number of carbonyl (C=O) groups excluding carboxylic acids is 1. The molecular formula is C14H10FN3O2. The van der Waals surface area contributed by atoms with Gasteiger partial charge in [-0.15, -0.1) is 0 Å². The van der Waals surface area contributed by atoms with E-state index in [-0.39, 0.29) is 0 Å². The second-order valence-electron chi connectivity index (χ2n) is 4.12. The second kappa shape index (κ2) is 4.73. The fraction of sp³-hybridized carbons (Fsp3) is 0.0714. The van der Waals surface area contributed by atoms with Crippen LogP contribution in [0.4, 0.5) is 4.39 Å². The third kappa shape index (κ3) is 1.91. The van der Waals surface area contributed by atoms with Gasteiger partial charge in [-0.25, -0.2) is 19.2 Å². The van der Waals surface area contributed by atoms with Gasteiger partial charge in [-0.2, -0.15) is 0 Å². The summed E-state index contributed by atoms with van der Waals surface area (Å²) in [4.78, 5) is 19.6. The van der Waals surface area contributed by atoms with E-state index in [0.29, 0.717) is 22.4 Å². The topological polar surface area (TPSA) is 57.0 Å². The number of carbonyl (C=O) groups is 1. The van der Waals surface area contributed by atoms with E-state index in [1.165, 1.54) is 23.9 Å². The number of esters is 1. The molecule has 3 aromatic rings. The minimum atomic E-state index is -0.505. The van der Waals surface area contributed by atoms with Gasteiger partial charge in [0.2, 0.25) is 5.95 Å². The number of halogens is 1. The van der Waals surface area contributed by atoms with Crippen LogP contribution in [0.15, 0.2) is 42.9 Å². The van der Waals surface area contributed by atoms with Crippen LogP contribution >= 0.6 is 0 Å². The summed E-state index contributed by atoms with van der Waals surface area (Å²) in [5.41, 5.74) is 0.881. The van der Waals surface area contributed by atoms with Crippen molar-refractivity contribution in [2.45, 2.75) is 0 Å². The largest absolute Gasteiger partial charge is 0.465 e. The Morgan fingerprint density at radius 3 is 2.75 bits per heavy atom. The molecule has 0 fully saturated rings. The quantitative estimate of drug-likeness (QED) is 0.671. The van der Waals surface area contributed by atoms with Crippen molar-refractivity contribution < 1.29 is 13.9 Å². The minimum absolute atomic E-state index is 0.297. The van der Waals surface area contributed by atoms with E-state index in [2.05, 4.69) is 14.7 Å². The lowest BCUT2D eigenvalue weighted by atomic mass is 10.1. The number of hydrogen-bond donors (Lipinski definition) is 0. The Hall–Kier alpha value is -2.76. The number of methoxy groups -OCH3 is 1. The van der Waals surface area contributed by atoms with Gasteiger partial charge in [0.15, 0.2) is 0 Å². The normalized spacial score (nSPS) is 10.7. The van der Waals surface area contributed by atoms with Crippen molar-refractivity contribution in [1.82, 2.24) is 14.5 Å². The molecular weight excluding hydrogens is 261 g/mol. The van der Waals surface area contributed by atoms with Crippen molar-refractivity contribution in [1.29, 1.82) is 0 Å². The molecule has 2 aromatic heterocycles. The molecule has 0 saturated carbocycles. The van der Waals surface area contributed by atoms with Crippen LogP contribution in [-0.4, -0.2) is 27.6 Å². The zero-order valence-electron chi connectivity index (χ0n) is 10.6. The Labute approximate surface area is 113 Å². The van der Waals surface area contributed by atoms with Crippen molar-refractivity contribution in [3.8, 4) is 5.95 Å². The second-order valence-corrected chi connectivity index (χ2v) is 4.12. The van der Waals surface area contributed by atoms with E-state index in [0.717, 1.165) is 0 Å². The molecule has 0 atom stereocenters. The predicted octanol–water partition coefficient (Wildman–Crippen LogP) is 2.35. The summed E-state index contributed by atoms with van der Waals surface area (Å²) in [5.74, 6) is -0.583. The molecule has 100 valence electrons. The average Bonchev–Trinajstić information content (AvgIpc) is 2.84. The summed E-state index contributed by atoms with van der Waals surface area (Å²) in [6.07, 6.45) is 4.45. The van der Waals surface area contributed by atoms with Crippen LogP contribution < -0.4 is 0 Å². The maximum absolute atomic E-state index is 14.0. The molecule has 0 spiro atoms. The van der Waals surface area contributed by atoms with Crippen molar-refractivity contribution in [2.75, 3.05) is 7.11 Å². The van der Waals surface area contributed by atoms with E-state index in [9.17, 15) is 9.18 Å². The van der Waals surface area contributed by atoms with Crippen molar-refractivity contribution in [2.24, 2.45) is 0 Å². The third-order valence-corrected chi connectivity index (χ3v) is 2.94. The van der Waals surface area contributed by atoms with Gasteiger partial charge in [-0.3, -0.25) is 4.57 Å². The highest BCUT2D eigenvalue weighted by molar-refractivity contribution is 5.95. The zero-order valence-corrected chi connectivity index (χ0v) is 10.6. The number of aromatic nitrogens is 3. The summed E-state index contributed by atoms with van der Waals surface area (Å²) in [5, 5.41) is 0.320. The molecule has 3 rings (SSSR count). The van der Waals surface area contributed by atoms with Gasteiger partial charge in [0.25, 0.3) is 0 Å². The molecule has 0 bridgehead atoms. The molecule has 0 N–H and O–H groups in total. The van der Waals surface area contributed by atoms with Crippen molar-refractivity contribution in [3.63, 3.8) is 0 Å². The van der Waals surface area contributed by atoms with Crippen molar-refractivity contribution >= 4 is 16.9 Å². The molecule has 0 radical (unpaired) electrons. The first-order valence-electron chi connectivity index (χ1n) is 5.87. The summed E-state index contributed by atoms with van der Waals surface area (Å²) in [7, 11) is 1.28. The molecule has 0 unspecified atom stereocenters. The Morgan fingerprint density at radius 2 is 2.05 bits per heavy atom. The monoisotopic (exact) mass is 271 g/mol. The number of nitrogens with zero attached hydrogens (tertiary/aromatic N) is 3. The van der Waals surface area contributed by atoms with Crippen LogP contribution in [0.5, 0.6) is 0 Å². The van der Waals surface area contributed by atoms with Gasteiger partial charge in [-0.05, 0) is 24.3 Å². The van der Waals surface area contributed by atoms with Gasteiger partial charge in [0, 0.05) is 24.0 Å². The smallest absolute Gasteiger partial charge is 0.337 e. The third-order valence-electron chi connectivity index (χ3n) is 2.94. The summed E-state index contributed by atoms with van der Waals surface area (Å²) < 4.78 is 20.2. The van der Waals surface area contributed by atoms with Crippen LogP contribution in [0.3, 0.4) is 0 Å². The van der Waals surface area contributed by atoms with Gasteiger partial charge in [0.05, 0.1) is 18.2 Å². The molecule has 0 aliphatic heterocycles. The number of benzene rings is 1. The van der Waals surface area contributed by atoms with Gasteiger partial charge in [0.1, 0.15) is 5.82 Å². The fourth-order valence-electron chi connectivity index (χ4n) is 2.02. The molecule has 0 aliphatic rings. The molecule has 5 nitrogen and oxygen atoms in total. The molecule has 2 heterocycles. The Balaban J connectivity index is 2.20. The van der Waals surface area contributed by atoms with Crippen LogP contribution in [0, 0.1) is 5.82 Å². The van der Waals surface area contributed by atoms with Crippen LogP contribution in [-0.2, 0) is 4.74 Å². The van der Waals surface area contributed by atoms with Crippen LogP contribution in [0.1, 0.15) is 10.4 Å². The van der Waals surface area contributed by atoms with Gasteiger partial charge < -0.3 is 4.74 Å². The summed E-state index contributed by atoms with van der Waals surface area (Å²) in [6, 6.07) is 6.35. The first kappa shape index (κ1) is 12.3. The molecule has 0 amide bonds. The minimum Gasteiger partial charge on any atom is -0.465 e. The van der Waals surface area contributed by atoms with E-state index in [4.69, 9.17) is 0 Å². The summed E-state index contributed by atoms with van der Waals surface area (Å²) >= 11 is 0. The average molecular weight is 271 g/mol. The Bertz CT molecular complexity index is 784. The number of fused-ring (bicyclic) bond motifs is 1. The van der Waals surface area contributed by atoms with Crippen LogP contribution in [0.25, 0.3) is 16.9 Å². The predicted molar refractivity (Wildman–Crippen MR) is 70.2 cm³/mol. The highest BCUT2D eigenvalue weighted by Crippen LogP contribution is 2.23. The molecule has 0 saturated heterocycles. The van der Waals surface area contributed by atoms with E-state index >= 15 is 0 Å². The first-order chi connectivity index (χ1) is 9.70. The number of hydrogen-bond acceptors (Lipinski definition) is 4. The maximum Gasteiger partial charge on any atom is 0.337 e. The fourth-order valence-corrected chi connectivity index (χ4v) is 2.02. The lowest BCUT2D eigenvalue weighted by Gasteiger charge is -2.03. The highest BCUT2D eigenvalue weighted by atomic mass is 19.1. The molecule has 0 aliphatic carbocycles. The lowest BCUT2D eigenvalue weighted by Crippen LogP contribution is -2.01. The number of ether oxygens (including phenoxy) is 1. The molecule has 1 aromatic carbocycles. The number of rotatable bonds is 2. The van der Waals surface area contributed by atoms with Crippen molar-refractivity contribution in [3.05, 3.63) is 54.2 Å². The standard InChI is InChI=1S/C14H10FN3O2/c1-20-13(19)9-3-4-12-10(7-9)11(15)8-18(12)14-16-5-2-6-17-14/h2-8H,1H3. The highest BCUT2D eigenvalue weighted by Gasteiger charge is 2.14. The lowest BCUT2D eigenvalue weighted by molar-refractivity contribution is 0.0601. The first-order valence-corrected chi connectivity index (χ1v) is 5.87. The SMILES string of the molecule is COC(=O)c1ccc2c(c1)c(F)cn2-c1ncccn1. The zero-order chi connectivity index (χ0) is 14.1.